The Hall–Kier alpha value is -0.300. The van der Waals surface area contributed by atoms with Gasteiger partial charge in [-0.2, -0.15) is 0 Å². The van der Waals surface area contributed by atoms with Gasteiger partial charge in [0.1, 0.15) is 0 Å². The zero-order valence-electron chi connectivity index (χ0n) is 10.9. The summed E-state index contributed by atoms with van der Waals surface area (Å²) in [6.07, 6.45) is 14.3. The second kappa shape index (κ2) is 5.86. The minimum atomic E-state index is 0.753. The van der Waals surface area contributed by atoms with Crippen LogP contribution in [0.2, 0.25) is 0 Å². The number of rotatable bonds is 4. The van der Waals surface area contributed by atoms with Gasteiger partial charge in [-0.15, -0.1) is 0 Å². The maximum absolute atomic E-state index is 3.86. The molecule has 0 bridgehead atoms. The quantitative estimate of drug-likeness (QED) is 0.710. The molecule has 16 heavy (non-hydrogen) atoms. The Balaban J connectivity index is 1.73. The highest BCUT2D eigenvalue weighted by Gasteiger charge is 2.24. The van der Waals surface area contributed by atoms with E-state index in [9.17, 15) is 0 Å². The third-order valence-corrected chi connectivity index (χ3v) is 4.07. The smallest absolute Gasteiger partial charge is 0.0139 e. The van der Waals surface area contributed by atoms with Crippen LogP contribution < -0.4 is 5.32 Å². The van der Waals surface area contributed by atoms with Crippen molar-refractivity contribution in [3.63, 3.8) is 0 Å². The van der Waals surface area contributed by atoms with E-state index in [0.29, 0.717) is 0 Å². The Morgan fingerprint density at radius 2 is 1.88 bits per heavy atom. The molecule has 0 aromatic heterocycles. The fraction of sp³-hybridized carbons (Fsp3) is 0.867. The molecule has 1 fully saturated rings. The molecule has 1 heteroatoms. The SMILES string of the molecule is CC(C)CC1CCCC(NC2CC=CC2)C1. The van der Waals surface area contributed by atoms with Gasteiger partial charge in [0, 0.05) is 12.1 Å². The van der Waals surface area contributed by atoms with Gasteiger partial charge in [-0.05, 0) is 43.9 Å². The molecule has 2 aliphatic rings. The lowest BCUT2D eigenvalue weighted by molar-refractivity contribution is 0.241. The molecule has 0 heterocycles. The Morgan fingerprint density at radius 1 is 1.12 bits per heavy atom. The van der Waals surface area contributed by atoms with Crippen molar-refractivity contribution in [1.29, 1.82) is 0 Å². The maximum Gasteiger partial charge on any atom is 0.0139 e. The molecule has 2 atom stereocenters. The van der Waals surface area contributed by atoms with Gasteiger partial charge in [-0.3, -0.25) is 0 Å². The van der Waals surface area contributed by atoms with Gasteiger partial charge in [0.2, 0.25) is 0 Å². The lowest BCUT2D eigenvalue weighted by Crippen LogP contribution is -2.40. The lowest BCUT2D eigenvalue weighted by Gasteiger charge is -2.32. The highest BCUT2D eigenvalue weighted by Crippen LogP contribution is 2.30. The van der Waals surface area contributed by atoms with Crippen LogP contribution in [-0.4, -0.2) is 12.1 Å². The summed E-state index contributed by atoms with van der Waals surface area (Å²) in [6.45, 7) is 4.72. The van der Waals surface area contributed by atoms with Crippen molar-refractivity contribution in [3.8, 4) is 0 Å². The van der Waals surface area contributed by atoms with Crippen LogP contribution in [0.5, 0.6) is 0 Å². The zero-order valence-corrected chi connectivity index (χ0v) is 10.9. The minimum Gasteiger partial charge on any atom is -0.311 e. The van der Waals surface area contributed by atoms with Crippen LogP contribution in [0.25, 0.3) is 0 Å². The first-order valence-corrected chi connectivity index (χ1v) is 7.15. The van der Waals surface area contributed by atoms with E-state index in [1.807, 2.05) is 0 Å². The van der Waals surface area contributed by atoms with Crippen molar-refractivity contribution in [2.75, 3.05) is 0 Å². The fourth-order valence-corrected chi connectivity index (χ4v) is 3.41. The molecule has 2 unspecified atom stereocenters. The number of hydrogen-bond donors (Lipinski definition) is 1. The molecule has 0 aromatic rings. The van der Waals surface area contributed by atoms with Crippen LogP contribution in [0.15, 0.2) is 12.2 Å². The largest absolute Gasteiger partial charge is 0.311 e. The minimum absolute atomic E-state index is 0.753. The Bertz CT molecular complexity index is 224. The van der Waals surface area contributed by atoms with E-state index >= 15 is 0 Å². The monoisotopic (exact) mass is 221 g/mol. The first-order chi connectivity index (χ1) is 7.74. The predicted octanol–water partition coefficient (Wildman–Crippen LogP) is 3.90. The standard InChI is InChI=1S/C15H27N/c1-12(2)10-13-6-5-9-15(11-13)16-14-7-3-4-8-14/h3-4,12-16H,5-11H2,1-2H3. The zero-order chi connectivity index (χ0) is 11.4. The molecule has 1 nitrogen and oxygen atoms in total. The van der Waals surface area contributed by atoms with Crippen molar-refractivity contribution in [3.05, 3.63) is 12.2 Å². The molecule has 0 aromatic carbocycles. The van der Waals surface area contributed by atoms with E-state index in [1.54, 1.807) is 0 Å². The highest BCUT2D eigenvalue weighted by molar-refractivity contribution is 4.99. The second-order valence-electron chi connectivity index (χ2n) is 6.17. The molecular formula is C15H27N. The third-order valence-electron chi connectivity index (χ3n) is 4.07. The lowest BCUT2D eigenvalue weighted by atomic mass is 9.81. The van der Waals surface area contributed by atoms with Crippen LogP contribution in [0.4, 0.5) is 0 Å². The van der Waals surface area contributed by atoms with Crippen LogP contribution in [-0.2, 0) is 0 Å². The maximum atomic E-state index is 3.86. The average molecular weight is 221 g/mol. The molecule has 0 radical (unpaired) electrons. The van der Waals surface area contributed by atoms with Crippen LogP contribution in [0, 0.1) is 11.8 Å². The Morgan fingerprint density at radius 3 is 2.56 bits per heavy atom. The molecule has 92 valence electrons. The van der Waals surface area contributed by atoms with Gasteiger partial charge in [0.15, 0.2) is 0 Å². The Labute approximate surface area is 101 Å². The topological polar surface area (TPSA) is 12.0 Å². The first kappa shape index (κ1) is 12.2. The summed E-state index contributed by atoms with van der Waals surface area (Å²) in [5.41, 5.74) is 0. The first-order valence-electron chi connectivity index (χ1n) is 7.15. The van der Waals surface area contributed by atoms with Gasteiger partial charge in [-0.25, -0.2) is 0 Å². The van der Waals surface area contributed by atoms with Gasteiger partial charge < -0.3 is 5.32 Å². The summed E-state index contributed by atoms with van der Waals surface area (Å²) in [5.74, 6) is 1.86. The fourth-order valence-electron chi connectivity index (χ4n) is 3.41. The summed E-state index contributed by atoms with van der Waals surface area (Å²) < 4.78 is 0. The molecule has 2 rings (SSSR count). The van der Waals surface area contributed by atoms with E-state index in [1.165, 1.54) is 44.9 Å². The van der Waals surface area contributed by atoms with Gasteiger partial charge in [0.05, 0.1) is 0 Å². The molecule has 0 amide bonds. The van der Waals surface area contributed by atoms with Crippen molar-refractivity contribution in [2.24, 2.45) is 11.8 Å². The van der Waals surface area contributed by atoms with Crippen molar-refractivity contribution in [2.45, 2.75) is 70.9 Å². The van der Waals surface area contributed by atoms with Gasteiger partial charge in [-0.1, -0.05) is 38.8 Å². The summed E-state index contributed by atoms with van der Waals surface area (Å²) in [7, 11) is 0. The van der Waals surface area contributed by atoms with Gasteiger partial charge >= 0.3 is 0 Å². The molecule has 0 saturated heterocycles. The summed E-state index contributed by atoms with van der Waals surface area (Å²) in [5, 5.41) is 3.86. The molecule has 1 N–H and O–H groups in total. The van der Waals surface area contributed by atoms with E-state index in [2.05, 4.69) is 31.3 Å². The molecule has 0 spiro atoms. The van der Waals surface area contributed by atoms with Crippen LogP contribution >= 0.6 is 0 Å². The van der Waals surface area contributed by atoms with E-state index in [0.717, 1.165) is 23.9 Å². The average Bonchev–Trinajstić information content (AvgIpc) is 2.70. The van der Waals surface area contributed by atoms with Crippen LogP contribution in [0.3, 0.4) is 0 Å². The summed E-state index contributed by atoms with van der Waals surface area (Å²) >= 11 is 0. The van der Waals surface area contributed by atoms with Crippen molar-refractivity contribution in [1.82, 2.24) is 5.32 Å². The molecule has 1 saturated carbocycles. The van der Waals surface area contributed by atoms with E-state index < -0.39 is 0 Å². The highest BCUT2D eigenvalue weighted by atomic mass is 15.0. The summed E-state index contributed by atoms with van der Waals surface area (Å²) in [4.78, 5) is 0. The summed E-state index contributed by atoms with van der Waals surface area (Å²) in [6, 6.07) is 1.56. The number of nitrogens with one attached hydrogen (secondary N) is 1. The van der Waals surface area contributed by atoms with E-state index in [4.69, 9.17) is 0 Å². The van der Waals surface area contributed by atoms with Crippen molar-refractivity contribution >= 4 is 0 Å². The third kappa shape index (κ3) is 3.62. The molecular weight excluding hydrogens is 194 g/mol. The predicted molar refractivity (Wildman–Crippen MR) is 70.5 cm³/mol. The molecule has 0 aliphatic heterocycles. The number of hydrogen-bond acceptors (Lipinski definition) is 1. The van der Waals surface area contributed by atoms with Gasteiger partial charge in [0.25, 0.3) is 0 Å². The van der Waals surface area contributed by atoms with Crippen molar-refractivity contribution < 1.29 is 0 Å². The normalized spacial score (nSPS) is 31.4. The molecule has 2 aliphatic carbocycles. The van der Waals surface area contributed by atoms with Crippen LogP contribution in [0.1, 0.15) is 58.8 Å². The van der Waals surface area contributed by atoms with E-state index in [-0.39, 0.29) is 0 Å². The second-order valence-corrected chi connectivity index (χ2v) is 6.17. The Kier molecular flexibility index (Phi) is 4.45.